The Morgan fingerprint density at radius 2 is 1.39 bits per heavy atom. The van der Waals surface area contributed by atoms with E-state index >= 15 is 0 Å². The second kappa shape index (κ2) is 6.41. The second-order valence-electron chi connectivity index (χ2n) is 8.05. The summed E-state index contributed by atoms with van der Waals surface area (Å²) in [6.45, 7) is 14.4. The Morgan fingerprint density at radius 1 is 0.944 bits per heavy atom. The first-order chi connectivity index (χ1) is 8.28. The van der Waals surface area contributed by atoms with Gasteiger partial charge in [0.25, 0.3) is 0 Å². The molecule has 1 saturated carbocycles. The molecule has 1 nitrogen and oxygen atoms in total. The van der Waals surface area contributed by atoms with Gasteiger partial charge in [0.15, 0.2) is 0 Å². The molecule has 0 spiro atoms. The van der Waals surface area contributed by atoms with Gasteiger partial charge in [0, 0.05) is 12.1 Å². The predicted molar refractivity (Wildman–Crippen MR) is 81.9 cm³/mol. The fraction of sp³-hybridized carbons (Fsp3) is 1.00. The molecule has 1 heteroatoms. The van der Waals surface area contributed by atoms with Gasteiger partial charge in [-0.2, -0.15) is 0 Å². The highest BCUT2D eigenvalue weighted by molar-refractivity contribution is 4.93. The lowest BCUT2D eigenvalue weighted by molar-refractivity contribution is 0.0790. The SMILES string of the molecule is CCCC(CCC)NC1CC(C)(C)CC(C)(C)C1. The van der Waals surface area contributed by atoms with E-state index in [4.69, 9.17) is 0 Å². The molecule has 1 N–H and O–H groups in total. The molecule has 0 aromatic carbocycles. The van der Waals surface area contributed by atoms with E-state index in [-0.39, 0.29) is 0 Å². The van der Waals surface area contributed by atoms with Crippen LogP contribution in [0.15, 0.2) is 0 Å². The second-order valence-corrected chi connectivity index (χ2v) is 8.05. The van der Waals surface area contributed by atoms with Crippen LogP contribution >= 0.6 is 0 Å². The van der Waals surface area contributed by atoms with Crippen LogP contribution in [0.25, 0.3) is 0 Å². The Bertz CT molecular complexity index is 220. The fourth-order valence-corrected chi connectivity index (χ4v) is 4.31. The van der Waals surface area contributed by atoms with Crippen LogP contribution in [-0.4, -0.2) is 12.1 Å². The Hall–Kier alpha value is -0.0400. The van der Waals surface area contributed by atoms with Crippen molar-refractivity contribution >= 4 is 0 Å². The van der Waals surface area contributed by atoms with Crippen LogP contribution in [0.2, 0.25) is 0 Å². The molecule has 0 saturated heterocycles. The maximum Gasteiger partial charge on any atom is 0.00798 e. The van der Waals surface area contributed by atoms with Gasteiger partial charge in [-0.15, -0.1) is 0 Å². The van der Waals surface area contributed by atoms with E-state index in [1.807, 2.05) is 0 Å². The Balaban J connectivity index is 2.58. The molecule has 0 radical (unpaired) electrons. The molecule has 0 amide bonds. The zero-order valence-corrected chi connectivity index (χ0v) is 13.6. The molecular formula is C17H35N. The van der Waals surface area contributed by atoms with Gasteiger partial charge in [-0.1, -0.05) is 54.4 Å². The maximum absolute atomic E-state index is 3.97. The van der Waals surface area contributed by atoms with Crippen molar-refractivity contribution < 1.29 is 0 Å². The normalized spacial score (nSPS) is 23.5. The number of rotatable bonds is 6. The third-order valence-corrected chi connectivity index (χ3v) is 4.30. The summed E-state index contributed by atoms with van der Waals surface area (Å²) < 4.78 is 0. The van der Waals surface area contributed by atoms with Crippen molar-refractivity contribution in [2.24, 2.45) is 10.8 Å². The fourth-order valence-electron chi connectivity index (χ4n) is 4.31. The Labute approximate surface area is 115 Å². The predicted octanol–water partition coefficient (Wildman–Crippen LogP) is 5.15. The summed E-state index contributed by atoms with van der Waals surface area (Å²) in [5.74, 6) is 0. The molecule has 0 atom stereocenters. The minimum Gasteiger partial charge on any atom is -0.311 e. The van der Waals surface area contributed by atoms with Crippen molar-refractivity contribution in [1.82, 2.24) is 5.32 Å². The van der Waals surface area contributed by atoms with Crippen LogP contribution in [0, 0.1) is 10.8 Å². The Kier molecular flexibility index (Phi) is 5.70. The quantitative estimate of drug-likeness (QED) is 0.690. The molecule has 1 aliphatic rings. The van der Waals surface area contributed by atoms with E-state index in [0.29, 0.717) is 10.8 Å². The number of hydrogen-bond acceptors (Lipinski definition) is 1. The van der Waals surface area contributed by atoms with Crippen molar-refractivity contribution in [2.75, 3.05) is 0 Å². The van der Waals surface area contributed by atoms with E-state index in [9.17, 15) is 0 Å². The first-order valence-corrected chi connectivity index (χ1v) is 8.04. The number of hydrogen-bond donors (Lipinski definition) is 1. The first kappa shape index (κ1) is 16.0. The van der Waals surface area contributed by atoms with Gasteiger partial charge in [0.05, 0.1) is 0 Å². The molecule has 0 aromatic rings. The highest BCUT2D eigenvalue weighted by atomic mass is 15.0. The van der Waals surface area contributed by atoms with Gasteiger partial charge in [0.1, 0.15) is 0 Å². The van der Waals surface area contributed by atoms with E-state index in [1.165, 1.54) is 44.9 Å². The van der Waals surface area contributed by atoms with Gasteiger partial charge >= 0.3 is 0 Å². The zero-order valence-electron chi connectivity index (χ0n) is 13.6. The molecule has 18 heavy (non-hydrogen) atoms. The summed E-state index contributed by atoms with van der Waals surface area (Å²) in [4.78, 5) is 0. The van der Waals surface area contributed by atoms with Gasteiger partial charge in [-0.25, -0.2) is 0 Å². The van der Waals surface area contributed by atoms with Crippen molar-refractivity contribution in [1.29, 1.82) is 0 Å². The van der Waals surface area contributed by atoms with Crippen molar-refractivity contribution in [3.05, 3.63) is 0 Å². The third-order valence-electron chi connectivity index (χ3n) is 4.30. The summed E-state index contributed by atoms with van der Waals surface area (Å²) >= 11 is 0. The van der Waals surface area contributed by atoms with Gasteiger partial charge in [0.2, 0.25) is 0 Å². The van der Waals surface area contributed by atoms with E-state index in [0.717, 1.165) is 12.1 Å². The van der Waals surface area contributed by atoms with E-state index in [1.54, 1.807) is 0 Å². The molecule has 0 aromatic heterocycles. The molecule has 1 aliphatic carbocycles. The monoisotopic (exact) mass is 253 g/mol. The molecule has 0 unspecified atom stereocenters. The van der Waals surface area contributed by atoms with Gasteiger partial charge in [-0.3, -0.25) is 0 Å². The minimum atomic E-state index is 0.502. The summed E-state index contributed by atoms with van der Waals surface area (Å²) in [6.07, 6.45) is 9.34. The largest absolute Gasteiger partial charge is 0.311 e. The molecule has 0 heterocycles. The van der Waals surface area contributed by atoms with Crippen LogP contribution < -0.4 is 5.32 Å². The highest BCUT2D eigenvalue weighted by Gasteiger charge is 2.38. The molecular weight excluding hydrogens is 218 g/mol. The summed E-state index contributed by atoms with van der Waals surface area (Å²) in [7, 11) is 0. The highest BCUT2D eigenvalue weighted by Crippen LogP contribution is 2.45. The van der Waals surface area contributed by atoms with E-state index < -0.39 is 0 Å². The van der Waals surface area contributed by atoms with Gasteiger partial charge < -0.3 is 5.32 Å². The third kappa shape index (κ3) is 5.30. The van der Waals surface area contributed by atoms with Crippen LogP contribution in [0.1, 0.15) is 86.5 Å². The van der Waals surface area contributed by atoms with Crippen LogP contribution in [0.3, 0.4) is 0 Å². The van der Waals surface area contributed by atoms with Crippen LogP contribution in [0.4, 0.5) is 0 Å². The number of nitrogens with one attached hydrogen (secondary N) is 1. The van der Waals surface area contributed by atoms with Crippen molar-refractivity contribution in [3.8, 4) is 0 Å². The summed E-state index contributed by atoms with van der Waals surface area (Å²) in [5, 5.41) is 3.97. The first-order valence-electron chi connectivity index (χ1n) is 8.04. The minimum absolute atomic E-state index is 0.502. The smallest absolute Gasteiger partial charge is 0.00798 e. The molecule has 1 fully saturated rings. The topological polar surface area (TPSA) is 12.0 Å². The maximum atomic E-state index is 3.97. The lowest BCUT2D eigenvalue weighted by Gasteiger charge is -2.46. The molecule has 0 bridgehead atoms. The van der Waals surface area contributed by atoms with Crippen molar-refractivity contribution in [3.63, 3.8) is 0 Å². The van der Waals surface area contributed by atoms with Crippen LogP contribution in [0.5, 0.6) is 0 Å². The average Bonchev–Trinajstić information content (AvgIpc) is 2.12. The average molecular weight is 253 g/mol. The summed E-state index contributed by atoms with van der Waals surface area (Å²) in [6, 6.07) is 1.47. The molecule has 0 aliphatic heterocycles. The summed E-state index contributed by atoms with van der Waals surface area (Å²) in [5.41, 5.74) is 1.00. The Morgan fingerprint density at radius 3 is 1.78 bits per heavy atom. The lowest BCUT2D eigenvalue weighted by Crippen LogP contribution is -2.47. The molecule has 1 rings (SSSR count). The zero-order chi connectivity index (χ0) is 13.8. The van der Waals surface area contributed by atoms with Gasteiger partial charge in [-0.05, 0) is 42.9 Å². The van der Waals surface area contributed by atoms with Crippen LogP contribution in [-0.2, 0) is 0 Å². The van der Waals surface area contributed by atoms with Crippen molar-refractivity contribution in [2.45, 2.75) is 98.6 Å². The van der Waals surface area contributed by atoms with E-state index in [2.05, 4.69) is 46.9 Å². The standard InChI is InChI=1S/C17H35N/c1-7-9-14(10-8-2)18-15-11-16(3,4)13-17(5,6)12-15/h14-15,18H,7-13H2,1-6H3. The lowest BCUT2D eigenvalue weighted by atomic mass is 9.63. The molecule has 108 valence electrons.